The van der Waals surface area contributed by atoms with Crippen molar-refractivity contribution in [2.75, 3.05) is 0 Å². The molecule has 0 aliphatic carbocycles. The molecule has 0 saturated carbocycles. The molecule has 0 fully saturated rings. The third kappa shape index (κ3) is 2.82. The first kappa shape index (κ1) is 11.1. The van der Waals surface area contributed by atoms with Crippen LogP contribution in [0.4, 0.5) is 0 Å². The summed E-state index contributed by atoms with van der Waals surface area (Å²) in [7, 11) is 0. The van der Waals surface area contributed by atoms with E-state index in [1.807, 2.05) is 61.5 Å². The summed E-state index contributed by atoms with van der Waals surface area (Å²) in [6.07, 6.45) is 0. The fourth-order valence-electron chi connectivity index (χ4n) is 1.34. The van der Waals surface area contributed by atoms with Crippen molar-refractivity contribution in [3.8, 4) is 0 Å². The quantitative estimate of drug-likeness (QED) is 0.785. The van der Waals surface area contributed by atoms with Gasteiger partial charge in [-0.05, 0) is 0 Å². The summed E-state index contributed by atoms with van der Waals surface area (Å²) < 4.78 is 1.36. The molecule has 2 heteroatoms. The van der Waals surface area contributed by atoms with Crippen LogP contribution in [0.2, 0.25) is 0 Å². The van der Waals surface area contributed by atoms with Crippen LogP contribution in [0.5, 0.6) is 0 Å². The Morgan fingerprint density at radius 2 is 1.56 bits per heavy atom. The molecule has 2 aromatic rings. The van der Waals surface area contributed by atoms with Crippen molar-refractivity contribution in [1.29, 1.82) is 0 Å². The van der Waals surface area contributed by atoms with Gasteiger partial charge in [-0.1, -0.05) is 0 Å². The molecule has 2 rings (SSSR count). The summed E-state index contributed by atoms with van der Waals surface area (Å²) >= 11 is -0.115. The number of carbonyl (C=O) groups is 1. The second kappa shape index (κ2) is 5.11. The number of hydrogen-bond acceptors (Lipinski definition) is 1. The molecule has 0 heterocycles. The Labute approximate surface area is 102 Å². The van der Waals surface area contributed by atoms with Crippen LogP contribution in [0.15, 0.2) is 54.6 Å². The summed E-state index contributed by atoms with van der Waals surface area (Å²) in [5.74, 6) is 0. The van der Waals surface area contributed by atoms with Crippen LogP contribution in [0.3, 0.4) is 0 Å². The zero-order chi connectivity index (χ0) is 11.4. The molecule has 0 atom stereocenters. The van der Waals surface area contributed by atoms with Crippen molar-refractivity contribution in [1.82, 2.24) is 0 Å². The van der Waals surface area contributed by atoms with Crippen molar-refractivity contribution in [3.05, 3.63) is 65.7 Å². The molecule has 0 N–H and O–H groups in total. The number of rotatable bonds is 3. The van der Waals surface area contributed by atoms with Crippen LogP contribution in [0, 0.1) is 6.92 Å². The Balaban J connectivity index is 2.12. The van der Waals surface area contributed by atoms with E-state index in [1.165, 1.54) is 5.56 Å². The predicted molar refractivity (Wildman–Crippen MR) is 67.3 cm³/mol. The standard InChI is InChI=1S/C14H12OSe/c1-11-7-9-12(10-8-11)14(15)16-13-5-3-2-4-6-13/h2-10H,1H3. The Morgan fingerprint density at radius 3 is 2.19 bits per heavy atom. The normalized spacial score (nSPS) is 10.1. The average Bonchev–Trinajstić information content (AvgIpc) is 2.31. The fraction of sp³-hybridized carbons (Fsp3) is 0.0714. The van der Waals surface area contributed by atoms with Crippen LogP contribution in [-0.2, 0) is 0 Å². The SMILES string of the molecule is Cc1ccc(C(=O)[Se]c2ccccc2)cc1. The Morgan fingerprint density at radius 1 is 0.938 bits per heavy atom. The van der Waals surface area contributed by atoms with Gasteiger partial charge in [0.1, 0.15) is 0 Å². The van der Waals surface area contributed by atoms with Crippen LogP contribution >= 0.6 is 0 Å². The molecule has 0 aromatic heterocycles. The summed E-state index contributed by atoms with van der Waals surface area (Å²) in [6, 6.07) is 17.7. The van der Waals surface area contributed by atoms with Crippen molar-refractivity contribution in [2.24, 2.45) is 0 Å². The van der Waals surface area contributed by atoms with Gasteiger partial charge in [-0.15, -0.1) is 0 Å². The summed E-state index contributed by atoms with van der Waals surface area (Å²) in [5.41, 5.74) is 2.00. The van der Waals surface area contributed by atoms with Gasteiger partial charge in [0.15, 0.2) is 0 Å². The molecule has 0 unspecified atom stereocenters. The molecule has 0 radical (unpaired) electrons. The topological polar surface area (TPSA) is 17.1 Å². The third-order valence-corrected chi connectivity index (χ3v) is 4.19. The van der Waals surface area contributed by atoms with Crippen LogP contribution < -0.4 is 4.46 Å². The van der Waals surface area contributed by atoms with Gasteiger partial charge in [0.05, 0.1) is 0 Å². The van der Waals surface area contributed by atoms with Crippen LogP contribution in [-0.4, -0.2) is 19.6 Å². The first-order chi connectivity index (χ1) is 7.75. The molecule has 2 aromatic carbocycles. The molecule has 1 nitrogen and oxygen atoms in total. The maximum absolute atomic E-state index is 12.0. The van der Waals surface area contributed by atoms with E-state index < -0.39 is 0 Å². The second-order valence-corrected chi connectivity index (χ2v) is 5.76. The number of aryl methyl sites for hydroxylation is 1. The summed E-state index contributed by atoms with van der Waals surface area (Å²) in [5, 5.41) is 0. The second-order valence-electron chi connectivity index (χ2n) is 3.57. The first-order valence-corrected chi connectivity index (χ1v) is 6.81. The summed E-state index contributed by atoms with van der Waals surface area (Å²) in [4.78, 5) is 12.0. The van der Waals surface area contributed by atoms with E-state index in [4.69, 9.17) is 0 Å². The van der Waals surface area contributed by atoms with Crippen LogP contribution in [0.25, 0.3) is 0 Å². The molecule has 0 amide bonds. The predicted octanol–water partition coefficient (Wildman–Crippen LogP) is 2.16. The monoisotopic (exact) mass is 276 g/mol. The van der Waals surface area contributed by atoms with E-state index in [0.29, 0.717) is 0 Å². The van der Waals surface area contributed by atoms with Crippen molar-refractivity contribution in [2.45, 2.75) is 6.92 Å². The number of carbonyl (C=O) groups excluding carboxylic acids is 1. The van der Waals surface area contributed by atoms with E-state index in [-0.39, 0.29) is 19.6 Å². The molecule has 0 bridgehead atoms. The van der Waals surface area contributed by atoms with Gasteiger partial charge in [-0.25, -0.2) is 0 Å². The van der Waals surface area contributed by atoms with Gasteiger partial charge < -0.3 is 0 Å². The van der Waals surface area contributed by atoms with E-state index in [2.05, 4.69) is 0 Å². The van der Waals surface area contributed by atoms with Crippen molar-refractivity contribution in [3.63, 3.8) is 0 Å². The molecular formula is C14H12OSe. The summed E-state index contributed by atoms with van der Waals surface area (Å²) in [6.45, 7) is 2.02. The zero-order valence-corrected chi connectivity index (χ0v) is 10.7. The molecule has 0 spiro atoms. The maximum atomic E-state index is 12.0. The van der Waals surface area contributed by atoms with Crippen molar-refractivity contribution >= 4 is 24.1 Å². The van der Waals surface area contributed by atoms with E-state index in [1.54, 1.807) is 0 Å². The Bertz CT molecular complexity index is 474. The van der Waals surface area contributed by atoms with E-state index in [0.717, 1.165) is 10.0 Å². The third-order valence-electron chi connectivity index (χ3n) is 2.24. The van der Waals surface area contributed by atoms with Gasteiger partial charge in [-0.2, -0.15) is 0 Å². The molecule has 0 aliphatic heterocycles. The molecule has 16 heavy (non-hydrogen) atoms. The number of benzene rings is 2. The van der Waals surface area contributed by atoms with E-state index >= 15 is 0 Å². The minimum atomic E-state index is -0.115. The van der Waals surface area contributed by atoms with Gasteiger partial charge >= 0.3 is 102 Å². The molecular weight excluding hydrogens is 263 g/mol. The molecule has 0 saturated heterocycles. The van der Waals surface area contributed by atoms with Crippen LogP contribution in [0.1, 0.15) is 15.9 Å². The minimum absolute atomic E-state index is 0.115. The zero-order valence-electron chi connectivity index (χ0n) is 9.01. The van der Waals surface area contributed by atoms with Gasteiger partial charge in [0.25, 0.3) is 0 Å². The van der Waals surface area contributed by atoms with Crippen molar-refractivity contribution < 1.29 is 4.79 Å². The molecule has 0 aliphatic rings. The Kier molecular flexibility index (Phi) is 3.55. The first-order valence-electron chi connectivity index (χ1n) is 5.09. The van der Waals surface area contributed by atoms with Gasteiger partial charge in [0.2, 0.25) is 0 Å². The van der Waals surface area contributed by atoms with Gasteiger partial charge in [0, 0.05) is 0 Å². The fourth-order valence-corrected chi connectivity index (χ4v) is 2.94. The Hall–Kier alpha value is -1.37. The van der Waals surface area contributed by atoms with Gasteiger partial charge in [-0.3, -0.25) is 0 Å². The average molecular weight is 275 g/mol. The number of hydrogen-bond donors (Lipinski definition) is 0. The van der Waals surface area contributed by atoms with E-state index in [9.17, 15) is 4.79 Å². The molecule has 80 valence electrons.